The first-order chi connectivity index (χ1) is 12.4. The number of rotatable bonds is 3. The summed E-state index contributed by atoms with van der Waals surface area (Å²) in [6.07, 6.45) is 2.67. The first-order valence-corrected chi connectivity index (χ1v) is 10.6. The Kier molecular flexibility index (Phi) is 5.52. The second kappa shape index (κ2) is 7.67. The van der Waals surface area contributed by atoms with Crippen molar-refractivity contribution in [2.45, 2.75) is 11.7 Å². The van der Waals surface area contributed by atoms with Gasteiger partial charge in [-0.2, -0.15) is 0 Å². The van der Waals surface area contributed by atoms with Crippen LogP contribution in [-0.4, -0.2) is 38.1 Å². The molecular weight excluding hydrogens is 380 g/mol. The van der Waals surface area contributed by atoms with E-state index < -0.39 is 32.6 Å². The van der Waals surface area contributed by atoms with Gasteiger partial charge in [0.05, 0.1) is 11.0 Å². The Morgan fingerprint density at radius 2 is 2.04 bits per heavy atom. The minimum absolute atomic E-state index is 0.0303. The molecule has 2 aromatic rings. The lowest BCUT2D eigenvalue weighted by Crippen LogP contribution is -2.32. The molecular formula is C18H17F2NO3S2. The zero-order valence-corrected chi connectivity index (χ0v) is 15.4. The third-order valence-electron chi connectivity index (χ3n) is 4.28. The molecule has 1 aromatic carbocycles. The molecule has 0 aliphatic carbocycles. The number of hydrogen-bond acceptors (Lipinski definition) is 4. The molecule has 1 amide bonds. The Bertz CT molecular complexity index is 924. The summed E-state index contributed by atoms with van der Waals surface area (Å²) in [7, 11) is -3.35. The second-order valence-corrected chi connectivity index (χ2v) is 9.27. The molecule has 0 radical (unpaired) electrons. The lowest BCUT2D eigenvalue weighted by atomic mass is 10.2. The predicted molar refractivity (Wildman–Crippen MR) is 97.4 cm³/mol. The maximum absolute atomic E-state index is 13.6. The third-order valence-corrected chi connectivity index (χ3v) is 7.52. The number of benzene rings is 1. The van der Waals surface area contributed by atoms with Gasteiger partial charge in [-0.1, -0.05) is 6.07 Å². The molecule has 26 heavy (non-hydrogen) atoms. The minimum atomic E-state index is -3.35. The van der Waals surface area contributed by atoms with Crippen molar-refractivity contribution in [2.24, 2.45) is 0 Å². The van der Waals surface area contributed by atoms with Crippen molar-refractivity contribution >= 4 is 33.2 Å². The average molecular weight is 397 g/mol. The molecule has 138 valence electrons. The van der Waals surface area contributed by atoms with E-state index in [1.165, 1.54) is 22.3 Å². The van der Waals surface area contributed by atoms with E-state index in [-0.39, 0.29) is 24.4 Å². The number of hydrogen-bond donors (Lipinski definition) is 0. The molecule has 1 aliphatic rings. The van der Waals surface area contributed by atoms with Crippen molar-refractivity contribution in [1.29, 1.82) is 0 Å². The summed E-state index contributed by atoms with van der Waals surface area (Å²) in [5.41, 5.74) is -0.0303. The van der Waals surface area contributed by atoms with Gasteiger partial charge in [-0.3, -0.25) is 4.79 Å². The van der Waals surface area contributed by atoms with E-state index >= 15 is 0 Å². The fourth-order valence-electron chi connectivity index (χ4n) is 2.87. The van der Waals surface area contributed by atoms with Crippen LogP contribution < -0.4 is 0 Å². The van der Waals surface area contributed by atoms with Gasteiger partial charge in [-0.15, -0.1) is 11.3 Å². The molecule has 3 rings (SSSR count). The first-order valence-electron chi connectivity index (χ1n) is 8.04. The highest BCUT2D eigenvalue weighted by Crippen LogP contribution is 2.32. The largest absolute Gasteiger partial charge is 0.338 e. The second-order valence-electron chi connectivity index (χ2n) is 5.98. The number of thiophene rings is 1. The van der Waals surface area contributed by atoms with Crippen molar-refractivity contribution in [3.63, 3.8) is 0 Å². The molecule has 1 saturated heterocycles. The molecule has 1 fully saturated rings. The summed E-state index contributed by atoms with van der Waals surface area (Å²) in [5.74, 6) is -1.77. The van der Waals surface area contributed by atoms with E-state index in [1.807, 2.05) is 5.38 Å². The Hall–Kier alpha value is -2.06. The van der Waals surface area contributed by atoms with E-state index in [4.69, 9.17) is 0 Å². The van der Waals surface area contributed by atoms with Crippen LogP contribution in [0.5, 0.6) is 0 Å². The van der Waals surface area contributed by atoms with E-state index in [0.29, 0.717) is 6.42 Å². The molecule has 1 atom stereocenters. The SMILES string of the molecule is O=C(/C=C/c1cc(F)ccc1F)N1CCC(c2cccs2)S(=O)(=O)CC1. The summed E-state index contributed by atoms with van der Waals surface area (Å²) >= 11 is 1.39. The van der Waals surface area contributed by atoms with Gasteiger partial charge in [0.1, 0.15) is 11.6 Å². The topological polar surface area (TPSA) is 54.5 Å². The number of halogens is 2. The highest BCUT2D eigenvalue weighted by atomic mass is 32.2. The molecule has 0 bridgehead atoms. The van der Waals surface area contributed by atoms with Gasteiger partial charge < -0.3 is 4.90 Å². The van der Waals surface area contributed by atoms with Crippen LogP contribution in [0.1, 0.15) is 22.1 Å². The van der Waals surface area contributed by atoms with Crippen LogP contribution >= 0.6 is 11.3 Å². The predicted octanol–water partition coefficient (Wildman–Crippen LogP) is 3.43. The lowest BCUT2D eigenvalue weighted by Gasteiger charge is -2.17. The maximum atomic E-state index is 13.6. The number of amides is 1. The van der Waals surface area contributed by atoms with Gasteiger partial charge in [-0.25, -0.2) is 17.2 Å². The van der Waals surface area contributed by atoms with Crippen LogP contribution in [0.4, 0.5) is 8.78 Å². The standard InChI is InChI=1S/C18H17F2NO3S2/c19-14-4-5-15(20)13(12-14)3-6-18(22)21-8-7-17(16-2-1-10-25-16)26(23,24)11-9-21/h1-6,10,12,17H,7-9,11H2/b6-3+. The molecule has 0 N–H and O–H groups in total. The molecule has 1 aromatic heterocycles. The van der Waals surface area contributed by atoms with Crippen molar-refractivity contribution in [2.75, 3.05) is 18.8 Å². The van der Waals surface area contributed by atoms with E-state index in [2.05, 4.69) is 0 Å². The van der Waals surface area contributed by atoms with Gasteiger partial charge in [0.15, 0.2) is 9.84 Å². The van der Waals surface area contributed by atoms with E-state index in [0.717, 1.165) is 29.2 Å². The highest BCUT2D eigenvalue weighted by molar-refractivity contribution is 7.91. The van der Waals surface area contributed by atoms with Gasteiger partial charge in [0.25, 0.3) is 0 Å². The first kappa shape index (κ1) is 18.7. The Labute approximate surface area is 154 Å². The van der Waals surface area contributed by atoms with Gasteiger partial charge >= 0.3 is 0 Å². The van der Waals surface area contributed by atoms with Crippen molar-refractivity contribution < 1.29 is 22.0 Å². The molecule has 1 unspecified atom stereocenters. The molecule has 0 saturated carbocycles. The highest BCUT2D eigenvalue weighted by Gasteiger charge is 2.32. The Morgan fingerprint density at radius 1 is 1.23 bits per heavy atom. The smallest absolute Gasteiger partial charge is 0.246 e. The van der Waals surface area contributed by atoms with E-state index in [9.17, 15) is 22.0 Å². The van der Waals surface area contributed by atoms with Crippen LogP contribution in [0, 0.1) is 11.6 Å². The zero-order chi connectivity index (χ0) is 18.7. The van der Waals surface area contributed by atoms with Crippen molar-refractivity contribution in [3.05, 3.63) is 63.9 Å². The van der Waals surface area contributed by atoms with Gasteiger partial charge in [0, 0.05) is 29.6 Å². The minimum Gasteiger partial charge on any atom is -0.338 e. The summed E-state index contributed by atoms with van der Waals surface area (Å²) in [4.78, 5) is 14.6. The van der Waals surface area contributed by atoms with Crippen LogP contribution in [0.25, 0.3) is 6.08 Å². The van der Waals surface area contributed by atoms with Crippen LogP contribution in [0.2, 0.25) is 0 Å². The van der Waals surface area contributed by atoms with E-state index in [1.54, 1.807) is 12.1 Å². The zero-order valence-electron chi connectivity index (χ0n) is 13.8. The number of sulfone groups is 1. The summed E-state index contributed by atoms with van der Waals surface area (Å²) in [6.45, 7) is 0.371. The molecule has 0 spiro atoms. The summed E-state index contributed by atoms with van der Waals surface area (Å²) in [5, 5.41) is 1.22. The quantitative estimate of drug-likeness (QED) is 0.746. The maximum Gasteiger partial charge on any atom is 0.246 e. The lowest BCUT2D eigenvalue weighted by molar-refractivity contribution is -0.125. The summed E-state index contributed by atoms with van der Waals surface area (Å²) < 4.78 is 51.8. The van der Waals surface area contributed by atoms with Gasteiger partial charge in [0.2, 0.25) is 5.91 Å². The number of nitrogens with zero attached hydrogens (tertiary/aromatic N) is 1. The van der Waals surface area contributed by atoms with Crippen LogP contribution in [-0.2, 0) is 14.6 Å². The Morgan fingerprint density at radius 3 is 2.77 bits per heavy atom. The summed E-state index contributed by atoms with van der Waals surface area (Å²) in [6, 6.07) is 6.58. The average Bonchev–Trinajstić information content (AvgIpc) is 3.06. The number of carbonyl (C=O) groups is 1. The van der Waals surface area contributed by atoms with Crippen LogP contribution in [0.15, 0.2) is 41.8 Å². The van der Waals surface area contributed by atoms with Crippen LogP contribution in [0.3, 0.4) is 0 Å². The third kappa shape index (κ3) is 4.19. The van der Waals surface area contributed by atoms with Crippen molar-refractivity contribution in [1.82, 2.24) is 4.90 Å². The fraction of sp³-hybridized carbons (Fsp3) is 0.278. The molecule has 1 aliphatic heterocycles. The van der Waals surface area contributed by atoms with Crippen molar-refractivity contribution in [3.8, 4) is 0 Å². The molecule has 2 heterocycles. The molecule has 8 heteroatoms. The Balaban J connectivity index is 1.73. The van der Waals surface area contributed by atoms with Gasteiger partial charge in [-0.05, 0) is 42.1 Å². The normalized spacial score (nSPS) is 20.2. The monoisotopic (exact) mass is 397 g/mol. The molecule has 4 nitrogen and oxygen atoms in total. The fourth-order valence-corrected chi connectivity index (χ4v) is 5.87. The number of carbonyl (C=O) groups excluding carboxylic acids is 1.